The molecule has 1 aliphatic heterocycles. The highest BCUT2D eigenvalue weighted by molar-refractivity contribution is 6.05. The monoisotopic (exact) mass is 360 g/mol. The smallest absolute Gasteiger partial charge is 0.253 e. The Hall–Kier alpha value is -3.15. The minimum atomic E-state index is -0.544. The van der Waals surface area contributed by atoms with Crippen molar-refractivity contribution in [3.63, 3.8) is 0 Å². The van der Waals surface area contributed by atoms with E-state index in [1.165, 1.54) is 0 Å². The number of hydrogen-bond donors (Lipinski definition) is 1. The number of imidazole rings is 1. The van der Waals surface area contributed by atoms with Gasteiger partial charge in [0, 0.05) is 11.7 Å². The molecule has 136 valence electrons. The molecular formula is C21H20N4O2. The van der Waals surface area contributed by atoms with E-state index in [0.717, 1.165) is 35.1 Å². The number of carbonyl (C=O) groups excluding carboxylic acids is 2. The first-order valence-corrected chi connectivity index (χ1v) is 9.28. The maximum absolute atomic E-state index is 13.1. The van der Waals surface area contributed by atoms with Crippen LogP contribution in [-0.2, 0) is 9.59 Å². The van der Waals surface area contributed by atoms with Crippen LogP contribution < -0.4 is 10.2 Å². The van der Waals surface area contributed by atoms with E-state index in [0.29, 0.717) is 5.95 Å². The van der Waals surface area contributed by atoms with Crippen molar-refractivity contribution in [2.75, 3.05) is 10.2 Å². The Morgan fingerprint density at radius 1 is 1.19 bits per heavy atom. The molecule has 2 amide bonds. The molecule has 1 unspecified atom stereocenters. The lowest BCUT2D eigenvalue weighted by molar-refractivity contribution is -0.124. The molecule has 2 aromatic carbocycles. The first kappa shape index (κ1) is 16.1. The van der Waals surface area contributed by atoms with Crippen LogP contribution in [0.25, 0.3) is 11.0 Å². The zero-order valence-electron chi connectivity index (χ0n) is 15.1. The van der Waals surface area contributed by atoms with Gasteiger partial charge in [-0.1, -0.05) is 24.3 Å². The van der Waals surface area contributed by atoms with Crippen LogP contribution in [0.2, 0.25) is 0 Å². The predicted molar refractivity (Wildman–Crippen MR) is 104 cm³/mol. The number of hydrogen-bond acceptors (Lipinski definition) is 3. The third kappa shape index (κ3) is 2.68. The molecule has 5 rings (SSSR count). The molecule has 1 fully saturated rings. The minimum absolute atomic E-state index is 0.0230. The molecule has 2 heterocycles. The zero-order chi connectivity index (χ0) is 18.5. The Morgan fingerprint density at radius 3 is 2.78 bits per heavy atom. The Kier molecular flexibility index (Phi) is 3.53. The number of fused-ring (bicyclic) bond motifs is 3. The molecule has 3 aromatic rings. The van der Waals surface area contributed by atoms with Gasteiger partial charge in [-0.3, -0.25) is 19.1 Å². The summed E-state index contributed by atoms with van der Waals surface area (Å²) in [6.45, 7) is 1.98. The van der Waals surface area contributed by atoms with E-state index in [1.54, 1.807) is 4.90 Å². The molecule has 0 saturated heterocycles. The third-order valence-corrected chi connectivity index (χ3v) is 5.22. The van der Waals surface area contributed by atoms with Crippen LogP contribution in [0, 0.1) is 6.92 Å². The van der Waals surface area contributed by atoms with Crippen molar-refractivity contribution < 1.29 is 9.59 Å². The van der Waals surface area contributed by atoms with Crippen molar-refractivity contribution in [1.29, 1.82) is 0 Å². The van der Waals surface area contributed by atoms with Crippen molar-refractivity contribution in [1.82, 2.24) is 9.55 Å². The molecule has 27 heavy (non-hydrogen) atoms. The van der Waals surface area contributed by atoms with E-state index in [9.17, 15) is 9.59 Å². The van der Waals surface area contributed by atoms with Crippen molar-refractivity contribution >= 4 is 34.5 Å². The number of nitrogens with zero attached hydrogens (tertiary/aromatic N) is 3. The van der Waals surface area contributed by atoms with Crippen LogP contribution in [0.5, 0.6) is 0 Å². The van der Waals surface area contributed by atoms with Crippen molar-refractivity contribution in [2.45, 2.75) is 38.3 Å². The topological polar surface area (TPSA) is 67.2 Å². The summed E-state index contributed by atoms with van der Waals surface area (Å²) >= 11 is 0. The second-order valence-corrected chi connectivity index (χ2v) is 7.35. The van der Waals surface area contributed by atoms with Crippen molar-refractivity contribution in [2.24, 2.45) is 0 Å². The van der Waals surface area contributed by atoms with E-state index in [-0.39, 0.29) is 24.3 Å². The standard InChI is InChI=1S/C21H20N4O2/c1-13-5-4-6-14(11-13)22-19(26)12-18-20(27)24(15-9-10-15)21-23-16-7-2-3-8-17(16)25(18)21/h2-8,11,15,18H,9-10,12H2,1H3,(H,22,26). The number of nitrogens with one attached hydrogen (secondary N) is 1. The van der Waals surface area contributed by atoms with Crippen LogP contribution in [0.3, 0.4) is 0 Å². The number of rotatable bonds is 4. The molecule has 2 aliphatic rings. The van der Waals surface area contributed by atoms with Gasteiger partial charge >= 0.3 is 0 Å². The molecule has 6 heteroatoms. The summed E-state index contributed by atoms with van der Waals surface area (Å²) in [4.78, 5) is 32.2. The van der Waals surface area contributed by atoms with Crippen molar-refractivity contribution in [3.8, 4) is 0 Å². The maximum Gasteiger partial charge on any atom is 0.253 e. The molecule has 0 radical (unpaired) electrons. The van der Waals surface area contributed by atoms with E-state index in [2.05, 4.69) is 10.3 Å². The lowest BCUT2D eigenvalue weighted by atomic mass is 10.1. The SMILES string of the molecule is Cc1cccc(NC(=O)CC2C(=O)N(C3CC3)c3nc4ccccc4n32)c1. The number of amides is 2. The number of anilines is 2. The predicted octanol–water partition coefficient (Wildman–Crippen LogP) is 3.42. The lowest BCUT2D eigenvalue weighted by Gasteiger charge is -2.15. The number of aryl methyl sites for hydroxylation is 1. The quantitative estimate of drug-likeness (QED) is 0.775. The lowest BCUT2D eigenvalue weighted by Crippen LogP contribution is -2.33. The average molecular weight is 360 g/mol. The fraction of sp³-hybridized carbons (Fsp3) is 0.286. The van der Waals surface area contributed by atoms with E-state index < -0.39 is 6.04 Å². The maximum atomic E-state index is 13.1. The summed E-state index contributed by atoms with van der Waals surface area (Å²) in [5.74, 6) is 0.488. The molecule has 1 aromatic heterocycles. The highest BCUT2D eigenvalue weighted by atomic mass is 16.2. The van der Waals surface area contributed by atoms with Gasteiger partial charge in [0.2, 0.25) is 11.9 Å². The fourth-order valence-electron chi connectivity index (χ4n) is 3.84. The number of para-hydroxylation sites is 2. The van der Waals surface area contributed by atoms with Gasteiger partial charge in [0.05, 0.1) is 17.5 Å². The molecular weight excluding hydrogens is 340 g/mol. The van der Waals surface area contributed by atoms with E-state index in [4.69, 9.17) is 0 Å². The summed E-state index contributed by atoms with van der Waals surface area (Å²) in [7, 11) is 0. The van der Waals surface area contributed by atoms with Gasteiger partial charge in [-0.2, -0.15) is 0 Å². The van der Waals surface area contributed by atoms with Gasteiger partial charge in [0.25, 0.3) is 5.91 Å². The van der Waals surface area contributed by atoms with Crippen LogP contribution in [-0.4, -0.2) is 27.4 Å². The van der Waals surface area contributed by atoms with Crippen LogP contribution >= 0.6 is 0 Å². The van der Waals surface area contributed by atoms with Gasteiger partial charge in [0.15, 0.2) is 0 Å². The Morgan fingerprint density at radius 2 is 2.00 bits per heavy atom. The highest BCUT2D eigenvalue weighted by Gasteiger charge is 2.47. The number of benzene rings is 2. The second-order valence-electron chi connectivity index (χ2n) is 7.35. The Bertz CT molecular complexity index is 1070. The minimum Gasteiger partial charge on any atom is -0.326 e. The third-order valence-electron chi connectivity index (χ3n) is 5.22. The summed E-state index contributed by atoms with van der Waals surface area (Å²) < 4.78 is 1.94. The highest BCUT2D eigenvalue weighted by Crippen LogP contribution is 2.42. The largest absolute Gasteiger partial charge is 0.326 e. The van der Waals surface area contributed by atoms with Gasteiger partial charge in [-0.05, 0) is 49.6 Å². The second kappa shape index (κ2) is 5.94. The number of aromatic nitrogens is 2. The summed E-state index contributed by atoms with van der Waals surface area (Å²) in [5.41, 5.74) is 3.58. The average Bonchev–Trinajstić information content (AvgIpc) is 3.34. The summed E-state index contributed by atoms with van der Waals surface area (Å²) in [6.07, 6.45) is 2.09. The van der Waals surface area contributed by atoms with Crippen LogP contribution in [0.1, 0.15) is 30.9 Å². The molecule has 0 spiro atoms. The van der Waals surface area contributed by atoms with Crippen LogP contribution in [0.15, 0.2) is 48.5 Å². The molecule has 1 aliphatic carbocycles. The van der Waals surface area contributed by atoms with Gasteiger partial charge in [-0.25, -0.2) is 4.98 Å². The molecule has 0 bridgehead atoms. The fourth-order valence-corrected chi connectivity index (χ4v) is 3.84. The van der Waals surface area contributed by atoms with Gasteiger partial charge in [0.1, 0.15) is 6.04 Å². The van der Waals surface area contributed by atoms with E-state index >= 15 is 0 Å². The number of carbonyl (C=O) groups is 2. The first-order valence-electron chi connectivity index (χ1n) is 9.28. The van der Waals surface area contributed by atoms with Gasteiger partial charge in [-0.15, -0.1) is 0 Å². The van der Waals surface area contributed by atoms with Crippen molar-refractivity contribution in [3.05, 3.63) is 54.1 Å². The van der Waals surface area contributed by atoms with Crippen LogP contribution in [0.4, 0.5) is 11.6 Å². The Balaban J connectivity index is 1.47. The summed E-state index contributed by atoms with van der Waals surface area (Å²) in [5, 5.41) is 2.92. The normalized spacial score (nSPS) is 18.8. The first-order chi connectivity index (χ1) is 13.1. The Labute approximate surface area is 156 Å². The molecule has 1 N–H and O–H groups in total. The molecule has 1 saturated carbocycles. The van der Waals surface area contributed by atoms with Gasteiger partial charge < -0.3 is 5.32 Å². The zero-order valence-corrected chi connectivity index (χ0v) is 15.1. The van der Waals surface area contributed by atoms with E-state index in [1.807, 2.05) is 60.0 Å². The molecule has 1 atom stereocenters. The summed E-state index contributed by atoms with van der Waals surface area (Å²) in [6, 6.07) is 15.1. The molecule has 6 nitrogen and oxygen atoms in total.